The van der Waals surface area contributed by atoms with Gasteiger partial charge in [0.05, 0.1) is 0 Å². The van der Waals surface area contributed by atoms with Crippen LogP contribution >= 0.6 is 0 Å². The number of hydrogen-bond acceptors (Lipinski definition) is 3. The normalized spacial score (nSPS) is 24.5. The minimum absolute atomic E-state index is 0.243. The van der Waals surface area contributed by atoms with E-state index in [1.165, 1.54) is 0 Å². The first kappa shape index (κ1) is 8.70. The van der Waals surface area contributed by atoms with Gasteiger partial charge in [-0.15, -0.1) is 0 Å². The molecule has 1 rings (SSSR count). The number of aliphatic carboxylic acids is 1. The first-order valence-corrected chi connectivity index (χ1v) is 3.68. The van der Waals surface area contributed by atoms with Gasteiger partial charge in [-0.3, -0.25) is 14.4 Å². The Labute approximate surface area is 68.8 Å². The van der Waals surface area contributed by atoms with Crippen LogP contribution in [-0.4, -0.2) is 29.3 Å². The number of hydrogen-bond donors (Lipinski definition) is 2. The molecule has 0 bridgehead atoms. The van der Waals surface area contributed by atoms with Crippen LogP contribution in [0.4, 0.5) is 0 Å². The van der Waals surface area contributed by atoms with E-state index in [0.29, 0.717) is 13.0 Å². The van der Waals surface area contributed by atoms with E-state index < -0.39 is 23.6 Å². The third kappa shape index (κ3) is 1.61. The molecule has 1 unspecified atom stereocenters. The quantitative estimate of drug-likeness (QED) is 0.398. The van der Waals surface area contributed by atoms with Crippen LogP contribution in [-0.2, 0) is 14.4 Å². The predicted octanol–water partition coefficient (Wildman–Crippen LogP) is -0.834. The fourth-order valence-corrected chi connectivity index (χ4v) is 1.12. The van der Waals surface area contributed by atoms with E-state index in [-0.39, 0.29) is 6.42 Å². The smallest absolute Gasteiger partial charge is 0.314 e. The summed E-state index contributed by atoms with van der Waals surface area (Å²) < 4.78 is 0. The van der Waals surface area contributed by atoms with Gasteiger partial charge in [-0.2, -0.15) is 0 Å². The first-order chi connectivity index (χ1) is 5.63. The maximum atomic E-state index is 11.0. The van der Waals surface area contributed by atoms with Crippen molar-refractivity contribution in [3.8, 4) is 0 Å². The van der Waals surface area contributed by atoms with Crippen LogP contribution in [0.5, 0.6) is 0 Å². The largest absolute Gasteiger partial charge is 0.481 e. The summed E-state index contributed by atoms with van der Waals surface area (Å²) in [6, 6.07) is 0. The summed E-state index contributed by atoms with van der Waals surface area (Å²) in [5.41, 5.74) is 0. The second kappa shape index (κ2) is 3.34. The molecule has 1 amide bonds. The zero-order valence-electron chi connectivity index (χ0n) is 6.37. The lowest BCUT2D eigenvalue weighted by Gasteiger charge is -2.03. The van der Waals surface area contributed by atoms with Gasteiger partial charge in [-0.1, -0.05) is 0 Å². The van der Waals surface area contributed by atoms with Gasteiger partial charge in [-0.25, -0.2) is 0 Å². The van der Waals surface area contributed by atoms with Gasteiger partial charge in [0, 0.05) is 6.54 Å². The lowest BCUT2D eigenvalue weighted by molar-refractivity contribution is -0.150. The first-order valence-electron chi connectivity index (χ1n) is 3.68. The second-order valence-corrected chi connectivity index (χ2v) is 2.65. The number of rotatable bonds is 1. The number of carboxylic acid groups (broad SMARTS) is 1. The molecule has 0 saturated carbocycles. The molecule has 1 atom stereocenters. The van der Waals surface area contributed by atoms with E-state index >= 15 is 0 Å². The predicted molar refractivity (Wildman–Crippen MR) is 38.4 cm³/mol. The fourth-order valence-electron chi connectivity index (χ4n) is 1.12. The zero-order chi connectivity index (χ0) is 9.14. The molecule has 1 fully saturated rings. The zero-order valence-corrected chi connectivity index (χ0v) is 6.37. The summed E-state index contributed by atoms with van der Waals surface area (Å²) in [5, 5.41) is 10.9. The molecule has 0 radical (unpaired) electrons. The molecule has 1 heterocycles. The lowest BCUT2D eigenvalue weighted by Crippen LogP contribution is -2.35. The van der Waals surface area contributed by atoms with Crippen LogP contribution in [0.3, 0.4) is 0 Å². The van der Waals surface area contributed by atoms with E-state index in [0.717, 1.165) is 0 Å². The molecule has 1 aliphatic heterocycles. The summed E-state index contributed by atoms with van der Waals surface area (Å²) in [7, 11) is 0. The topological polar surface area (TPSA) is 83.5 Å². The standard InChI is InChI=1S/C7H9NO4/c9-5-4(7(11)12)2-1-3-8-6(5)10/h4H,1-3H2,(H,8,10)(H,11,12). The van der Waals surface area contributed by atoms with E-state index in [1.807, 2.05) is 0 Å². The Morgan fingerprint density at radius 2 is 2.17 bits per heavy atom. The molecule has 5 heteroatoms. The number of amides is 1. The molecule has 5 nitrogen and oxygen atoms in total. The van der Waals surface area contributed by atoms with Crippen LogP contribution in [0.1, 0.15) is 12.8 Å². The number of nitrogens with one attached hydrogen (secondary N) is 1. The summed E-state index contributed by atoms with van der Waals surface area (Å²) in [4.78, 5) is 32.3. The number of Topliss-reactive ketones (excluding diaryl/α,β-unsaturated/α-hetero) is 1. The maximum Gasteiger partial charge on any atom is 0.314 e. The molecule has 12 heavy (non-hydrogen) atoms. The van der Waals surface area contributed by atoms with Gasteiger partial charge in [0.1, 0.15) is 5.92 Å². The molecular weight excluding hydrogens is 162 g/mol. The van der Waals surface area contributed by atoms with Crippen LogP contribution in [0.15, 0.2) is 0 Å². The Hall–Kier alpha value is -1.39. The van der Waals surface area contributed by atoms with Gasteiger partial charge in [0.2, 0.25) is 5.78 Å². The van der Waals surface area contributed by atoms with Gasteiger partial charge in [-0.05, 0) is 12.8 Å². The molecule has 1 saturated heterocycles. The summed E-state index contributed by atoms with van der Waals surface area (Å²) >= 11 is 0. The van der Waals surface area contributed by atoms with Crippen LogP contribution in [0.2, 0.25) is 0 Å². The third-order valence-electron chi connectivity index (χ3n) is 1.79. The average molecular weight is 171 g/mol. The summed E-state index contributed by atoms with van der Waals surface area (Å²) in [6.07, 6.45) is 0.779. The average Bonchev–Trinajstić information content (AvgIpc) is 2.15. The number of carbonyl (C=O) groups excluding carboxylic acids is 2. The molecule has 2 N–H and O–H groups in total. The van der Waals surface area contributed by atoms with E-state index in [9.17, 15) is 14.4 Å². The van der Waals surface area contributed by atoms with Crippen molar-refractivity contribution in [1.82, 2.24) is 5.32 Å². The Morgan fingerprint density at radius 1 is 1.50 bits per heavy atom. The Bertz CT molecular complexity index is 236. The van der Waals surface area contributed by atoms with Crippen molar-refractivity contribution in [2.45, 2.75) is 12.8 Å². The van der Waals surface area contributed by atoms with Crippen LogP contribution < -0.4 is 5.32 Å². The summed E-state index contributed by atoms with van der Waals surface area (Å²) in [5.74, 6) is -3.97. The van der Waals surface area contributed by atoms with Crippen molar-refractivity contribution in [2.24, 2.45) is 5.92 Å². The Balaban J connectivity index is 2.78. The molecule has 0 aliphatic carbocycles. The van der Waals surface area contributed by atoms with Crippen molar-refractivity contribution in [3.05, 3.63) is 0 Å². The third-order valence-corrected chi connectivity index (χ3v) is 1.79. The lowest BCUT2D eigenvalue weighted by atomic mass is 10.00. The number of carbonyl (C=O) groups is 3. The van der Waals surface area contributed by atoms with Crippen LogP contribution in [0.25, 0.3) is 0 Å². The highest BCUT2D eigenvalue weighted by Crippen LogP contribution is 2.10. The monoisotopic (exact) mass is 171 g/mol. The molecule has 0 aromatic carbocycles. The van der Waals surface area contributed by atoms with Crippen molar-refractivity contribution < 1.29 is 19.5 Å². The minimum atomic E-state index is -1.21. The van der Waals surface area contributed by atoms with Crippen molar-refractivity contribution >= 4 is 17.7 Å². The molecule has 0 aromatic heterocycles. The van der Waals surface area contributed by atoms with Gasteiger partial charge in [0.25, 0.3) is 5.91 Å². The van der Waals surface area contributed by atoms with Crippen molar-refractivity contribution in [3.63, 3.8) is 0 Å². The second-order valence-electron chi connectivity index (χ2n) is 2.65. The van der Waals surface area contributed by atoms with Crippen molar-refractivity contribution in [1.29, 1.82) is 0 Å². The Morgan fingerprint density at radius 3 is 2.75 bits per heavy atom. The molecule has 0 aromatic rings. The highest BCUT2D eigenvalue weighted by molar-refractivity contribution is 6.40. The van der Waals surface area contributed by atoms with E-state index in [2.05, 4.69) is 5.32 Å². The molecule has 0 spiro atoms. The number of carboxylic acids is 1. The molecule has 1 aliphatic rings. The maximum absolute atomic E-state index is 11.0. The van der Waals surface area contributed by atoms with Crippen molar-refractivity contribution in [2.75, 3.05) is 6.54 Å². The SMILES string of the molecule is O=C1NCCCC(C(=O)O)C1=O. The molecule has 66 valence electrons. The van der Waals surface area contributed by atoms with Gasteiger partial charge < -0.3 is 10.4 Å². The Kier molecular flexibility index (Phi) is 2.42. The fraction of sp³-hybridized carbons (Fsp3) is 0.571. The highest BCUT2D eigenvalue weighted by Gasteiger charge is 2.32. The number of ketones is 1. The minimum Gasteiger partial charge on any atom is -0.481 e. The summed E-state index contributed by atoms with van der Waals surface area (Å²) in [6.45, 7) is 0.383. The van der Waals surface area contributed by atoms with Gasteiger partial charge >= 0.3 is 5.97 Å². The van der Waals surface area contributed by atoms with Gasteiger partial charge in [0.15, 0.2) is 0 Å². The highest BCUT2D eigenvalue weighted by atomic mass is 16.4. The van der Waals surface area contributed by atoms with E-state index in [4.69, 9.17) is 5.11 Å². The van der Waals surface area contributed by atoms with E-state index in [1.54, 1.807) is 0 Å². The molecular formula is C7H9NO4. The van der Waals surface area contributed by atoms with Crippen LogP contribution in [0, 0.1) is 5.92 Å².